The van der Waals surface area contributed by atoms with Gasteiger partial charge in [0, 0.05) is 24.3 Å². The molecule has 1 aliphatic heterocycles. The van der Waals surface area contributed by atoms with Gasteiger partial charge in [-0.3, -0.25) is 4.79 Å². The van der Waals surface area contributed by atoms with Gasteiger partial charge in [0.2, 0.25) is 0 Å². The first-order chi connectivity index (χ1) is 11.6. The third kappa shape index (κ3) is 3.85. The molecule has 0 aliphatic carbocycles. The second-order valence-corrected chi connectivity index (χ2v) is 6.32. The van der Waals surface area contributed by atoms with Gasteiger partial charge in [0.25, 0.3) is 5.91 Å². The van der Waals surface area contributed by atoms with E-state index in [1.54, 1.807) is 30.5 Å². The number of pyridine rings is 1. The highest BCUT2D eigenvalue weighted by Crippen LogP contribution is 2.24. The summed E-state index contributed by atoms with van der Waals surface area (Å²) in [5, 5.41) is 9.37. The Morgan fingerprint density at radius 2 is 2.04 bits per heavy atom. The number of hydrogen-bond donors (Lipinski definition) is 2. The molecular weight excluding hydrogens is 302 g/mol. The Balaban J connectivity index is 1.68. The molecule has 0 radical (unpaired) electrons. The Bertz CT molecular complexity index is 700. The maximum atomic E-state index is 12.8. The number of amides is 1. The number of aromatic hydroxyl groups is 1. The second-order valence-electron chi connectivity index (χ2n) is 6.32. The number of aryl methyl sites for hydroxylation is 1. The summed E-state index contributed by atoms with van der Waals surface area (Å²) in [5.74, 6) is 0.696. The molecule has 0 bridgehead atoms. The minimum absolute atomic E-state index is 0.0412. The molecule has 126 valence electrons. The van der Waals surface area contributed by atoms with Gasteiger partial charge in [0.15, 0.2) is 0 Å². The molecule has 3 rings (SSSR count). The number of hydrogen-bond acceptors (Lipinski definition) is 4. The third-order valence-corrected chi connectivity index (χ3v) is 4.62. The lowest BCUT2D eigenvalue weighted by Gasteiger charge is -2.36. The lowest BCUT2D eigenvalue weighted by Crippen LogP contribution is -2.44. The van der Waals surface area contributed by atoms with Crippen molar-refractivity contribution in [2.24, 2.45) is 0 Å². The monoisotopic (exact) mass is 325 g/mol. The summed E-state index contributed by atoms with van der Waals surface area (Å²) in [4.78, 5) is 18.8. The quantitative estimate of drug-likeness (QED) is 0.905. The smallest absolute Gasteiger partial charge is 0.254 e. The first-order valence-corrected chi connectivity index (χ1v) is 8.44. The molecule has 24 heavy (non-hydrogen) atoms. The number of likely N-dealkylation sites (tertiary alicyclic amines) is 1. The van der Waals surface area contributed by atoms with Crippen LogP contribution in [-0.2, 0) is 6.42 Å². The van der Waals surface area contributed by atoms with Crippen LogP contribution in [0.4, 0.5) is 5.82 Å². The number of carbonyl (C=O) groups is 1. The standard InChI is InChI=1S/C19H23N3O2/c20-18-13-15(10-11-21-18)19(24)22-12-2-1-3-16(22)7-4-14-5-8-17(23)9-6-14/h5-6,8-11,13,16,23H,1-4,7,12H2,(H2,20,21)/t16-/m1/s1. The molecule has 1 aromatic heterocycles. The number of benzene rings is 1. The zero-order valence-electron chi connectivity index (χ0n) is 13.7. The molecule has 1 aromatic carbocycles. The van der Waals surface area contributed by atoms with Crippen molar-refractivity contribution < 1.29 is 9.90 Å². The van der Waals surface area contributed by atoms with Gasteiger partial charge in [-0.2, -0.15) is 0 Å². The van der Waals surface area contributed by atoms with Crippen LogP contribution in [-0.4, -0.2) is 33.5 Å². The van der Waals surface area contributed by atoms with E-state index in [0.29, 0.717) is 11.4 Å². The van der Waals surface area contributed by atoms with Gasteiger partial charge in [0.05, 0.1) is 0 Å². The number of rotatable bonds is 4. The van der Waals surface area contributed by atoms with Gasteiger partial charge in [-0.15, -0.1) is 0 Å². The molecule has 5 nitrogen and oxygen atoms in total. The largest absolute Gasteiger partial charge is 0.508 e. The van der Waals surface area contributed by atoms with Crippen LogP contribution in [0.2, 0.25) is 0 Å². The highest BCUT2D eigenvalue weighted by Gasteiger charge is 2.27. The minimum Gasteiger partial charge on any atom is -0.508 e. The fourth-order valence-electron chi connectivity index (χ4n) is 3.31. The van der Waals surface area contributed by atoms with Crippen molar-refractivity contribution in [3.8, 4) is 5.75 Å². The third-order valence-electron chi connectivity index (χ3n) is 4.62. The van der Waals surface area contributed by atoms with Crippen molar-refractivity contribution in [3.05, 3.63) is 53.7 Å². The lowest BCUT2D eigenvalue weighted by molar-refractivity contribution is 0.0602. The summed E-state index contributed by atoms with van der Waals surface area (Å²) in [6.45, 7) is 0.793. The summed E-state index contributed by atoms with van der Waals surface area (Å²) in [7, 11) is 0. The lowest BCUT2D eigenvalue weighted by atomic mass is 9.95. The molecule has 5 heteroatoms. The van der Waals surface area contributed by atoms with E-state index in [1.165, 1.54) is 5.56 Å². The van der Waals surface area contributed by atoms with Gasteiger partial charge < -0.3 is 15.7 Å². The van der Waals surface area contributed by atoms with Crippen LogP contribution < -0.4 is 5.73 Å². The Labute approximate surface area is 142 Å². The second kappa shape index (κ2) is 7.34. The number of phenols is 1. The first-order valence-electron chi connectivity index (χ1n) is 8.44. The summed E-state index contributed by atoms with van der Waals surface area (Å²) < 4.78 is 0. The zero-order valence-corrected chi connectivity index (χ0v) is 13.7. The van der Waals surface area contributed by atoms with E-state index in [9.17, 15) is 9.90 Å². The van der Waals surface area contributed by atoms with E-state index in [0.717, 1.165) is 38.6 Å². The maximum absolute atomic E-state index is 12.8. The maximum Gasteiger partial charge on any atom is 0.254 e. The van der Waals surface area contributed by atoms with Crippen molar-refractivity contribution >= 4 is 11.7 Å². The molecule has 1 saturated heterocycles. The molecular formula is C19H23N3O2. The van der Waals surface area contributed by atoms with Gasteiger partial charge in [-0.25, -0.2) is 4.98 Å². The molecule has 1 amide bonds. The van der Waals surface area contributed by atoms with E-state index in [1.807, 2.05) is 17.0 Å². The van der Waals surface area contributed by atoms with E-state index in [4.69, 9.17) is 5.73 Å². The average molecular weight is 325 g/mol. The number of piperidine rings is 1. The van der Waals surface area contributed by atoms with Crippen molar-refractivity contribution in [1.82, 2.24) is 9.88 Å². The Morgan fingerprint density at radius 3 is 2.79 bits per heavy atom. The Kier molecular flexibility index (Phi) is 4.99. The zero-order chi connectivity index (χ0) is 16.9. The SMILES string of the molecule is Nc1cc(C(=O)N2CCCC[C@@H]2CCc2ccc(O)cc2)ccn1. The molecule has 0 unspecified atom stereocenters. The van der Waals surface area contributed by atoms with Crippen LogP contribution >= 0.6 is 0 Å². The predicted molar refractivity (Wildman–Crippen MR) is 93.8 cm³/mol. The van der Waals surface area contributed by atoms with Crippen LogP contribution in [0.15, 0.2) is 42.6 Å². The Morgan fingerprint density at radius 1 is 1.25 bits per heavy atom. The van der Waals surface area contributed by atoms with Crippen molar-refractivity contribution in [1.29, 1.82) is 0 Å². The number of anilines is 1. The van der Waals surface area contributed by atoms with E-state index in [-0.39, 0.29) is 17.7 Å². The van der Waals surface area contributed by atoms with E-state index >= 15 is 0 Å². The molecule has 0 spiro atoms. The van der Waals surface area contributed by atoms with Crippen LogP contribution in [0.1, 0.15) is 41.6 Å². The summed E-state index contributed by atoms with van der Waals surface area (Å²) >= 11 is 0. The summed E-state index contributed by atoms with van der Waals surface area (Å²) in [6.07, 6.45) is 6.64. The van der Waals surface area contributed by atoms with E-state index < -0.39 is 0 Å². The predicted octanol–water partition coefficient (Wildman–Crippen LogP) is 3.00. The van der Waals surface area contributed by atoms with Gasteiger partial charge >= 0.3 is 0 Å². The summed E-state index contributed by atoms with van der Waals surface area (Å²) in [5.41, 5.74) is 7.49. The van der Waals surface area contributed by atoms with Crippen LogP contribution in [0, 0.1) is 0 Å². The number of nitrogen functional groups attached to an aromatic ring is 1. The molecule has 3 N–H and O–H groups in total. The normalized spacial score (nSPS) is 17.7. The number of carbonyl (C=O) groups excluding carboxylic acids is 1. The van der Waals surface area contributed by atoms with Gasteiger partial charge in [0.1, 0.15) is 11.6 Å². The fraction of sp³-hybridized carbons (Fsp3) is 0.368. The summed E-state index contributed by atoms with van der Waals surface area (Å²) in [6, 6.07) is 10.9. The molecule has 1 atom stereocenters. The molecule has 0 saturated carbocycles. The van der Waals surface area contributed by atoms with Crippen molar-refractivity contribution in [2.75, 3.05) is 12.3 Å². The van der Waals surface area contributed by atoms with Crippen LogP contribution in [0.25, 0.3) is 0 Å². The van der Waals surface area contributed by atoms with Crippen molar-refractivity contribution in [2.45, 2.75) is 38.1 Å². The molecule has 1 aliphatic rings. The average Bonchev–Trinajstić information content (AvgIpc) is 2.61. The van der Waals surface area contributed by atoms with Crippen LogP contribution in [0.5, 0.6) is 5.75 Å². The number of nitrogens with two attached hydrogens (primary N) is 1. The fourth-order valence-corrected chi connectivity index (χ4v) is 3.31. The number of nitrogens with zero attached hydrogens (tertiary/aromatic N) is 2. The molecule has 2 aromatic rings. The first kappa shape index (κ1) is 16.3. The molecule has 2 heterocycles. The molecule has 1 fully saturated rings. The highest BCUT2D eigenvalue weighted by atomic mass is 16.3. The number of aromatic nitrogens is 1. The van der Waals surface area contributed by atoms with Gasteiger partial charge in [-0.05, 0) is 61.9 Å². The number of phenolic OH excluding ortho intramolecular Hbond substituents is 1. The van der Waals surface area contributed by atoms with Crippen LogP contribution in [0.3, 0.4) is 0 Å². The topological polar surface area (TPSA) is 79.5 Å². The Hall–Kier alpha value is -2.56. The highest BCUT2D eigenvalue weighted by molar-refractivity contribution is 5.95. The minimum atomic E-state index is 0.0412. The van der Waals surface area contributed by atoms with Crippen molar-refractivity contribution in [3.63, 3.8) is 0 Å². The van der Waals surface area contributed by atoms with E-state index in [2.05, 4.69) is 4.98 Å². The van der Waals surface area contributed by atoms with Gasteiger partial charge in [-0.1, -0.05) is 12.1 Å².